The van der Waals surface area contributed by atoms with E-state index in [2.05, 4.69) is 0 Å². The lowest BCUT2D eigenvalue weighted by Crippen LogP contribution is -2.24. The van der Waals surface area contributed by atoms with Gasteiger partial charge < -0.3 is 4.55 Å². The smallest absolute Gasteiger partial charge is 0.586 e. The van der Waals surface area contributed by atoms with Crippen LogP contribution in [0.1, 0.15) is 0 Å². The molecule has 13 heteroatoms. The van der Waals surface area contributed by atoms with Crippen molar-refractivity contribution in [1.29, 1.82) is 0 Å². The van der Waals surface area contributed by atoms with Gasteiger partial charge in [0.1, 0.15) is 0 Å². The Morgan fingerprint density at radius 3 is 1.74 bits per heavy atom. The van der Waals surface area contributed by atoms with Crippen molar-refractivity contribution in [3.8, 4) is 0 Å². The van der Waals surface area contributed by atoms with E-state index in [1.54, 1.807) is 18.2 Å². The first-order chi connectivity index (χ1) is 12.1. The molecule has 0 fully saturated rings. The van der Waals surface area contributed by atoms with Gasteiger partial charge in [0.05, 0.1) is 5.02 Å². The summed E-state index contributed by atoms with van der Waals surface area (Å²) in [6, 6.07) is 11.8. The summed E-state index contributed by atoms with van der Waals surface area (Å²) in [6.07, 6.45) is 0. The quantitative estimate of drug-likeness (QED) is 0.247. The predicted octanol–water partition coefficient (Wildman–Crippen LogP) is 5.60. The van der Waals surface area contributed by atoms with Crippen molar-refractivity contribution < 1.29 is 39.3 Å². The Hall–Kier alpha value is -1.14. The molecule has 0 aliphatic heterocycles. The van der Waals surface area contributed by atoms with Crippen LogP contribution < -0.4 is 0 Å². The van der Waals surface area contributed by atoms with E-state index in [1.165, 1.54) is 30.3 Å². The third kappa shape index (κ3) is 7.07. The summed E-state index contributed by atoms with van der Waals surface area (Å²) in [7, 11) is -8.17. The number of hydrogen-bond donors (Lipinski definition) is 0. The van der Waals surface area contributed by atoms with Crippen molar-refractivity contribution in [3.63, 3.8) is 0 Å². The summed E-state index contributed by atoms with van der Waals surface area (Å²) in [5.74, 6) is 0. The minimum Gasteiger partial charge on any atom is -0.741 e. The zero-order valence-electron chi connectivity index (χ0n) is 12.7. The summed E-state index contributed by atoms with van der Waals surface area (Å²) >= 11 is 11.6. The van der Waals surface area contributed by atoms with Gasteiger partial charge in [-0.05, 0) is 30.3 Å². The molecule has 0 spiro atoms. The second-order valence-electron chi connectivity index (χ2n) is 4.54. The third-order valence-corrected chi connectivity index (χ3v) is 5.84. The Labute approximate surface area is 163 Å². The normalized spacial score (nSPS) is 13.5. The van der Waals surface area contributed by atoms with Gasteiger partial charge in [-0.15, -0.1) is 13.2 Å². The molecule has 1 unspecified atom stereocenters. The van der Waals surface area contributed by atoms with E-state index in [-0.39, 0.29) is 14.8 Å². The number of hydrogen-bond acceptors (Lipinski definition) is 3. The van der Waals surface area contributed by atoms with Gasteiger partial charge in [-0.2, -0.15) is 13.2 Å². The van der Waals surface area contributed by atoms with Gasteiger partial charge in [0.2, 0.25) is 0 Å². The van der Waals surface area contributed by atoms with Crippen molar-refractivity contribution in [2.45, 2.75) is 20.8 Å². The molecule has 0 heterocycles. The minimum absolute atomic E-state index is 0.0250. The largest absolute Gasteiger partial charge is 0.741 e. The van der Waals surface area contributed by atoms with Crippen LogP contribution in [0.3, 0.4) is 0 Å². The Balaban J connectivity index is 0.000000387. The molecule has 0 amide bonds. The van der Waals surface area contributed by atoms with E-state index >= 15 is 0 Å². The van der Waals surface area contributed by atoms with Crippen LogP contribution in [0.2, 0.25) is 10.0 Å². The topological polar surface area (TPSA) is 57.2 Å². The molecule has 2 aromatic carbocycles. The Morgan fingerprint density at radius 2 is 1.37 bits per heavy atom. The Bertz CT molecular complexity index is 871. The zero-order valence-corrected chi connectivity index (χ0v) is 15.8. The van der Waals surface area contributed by atoms with Crippen LogP contribution >= 0.6 is 23.2 Å². The van der Waals surface area contributed by atoms with Gasteiger partial charge in [-0.3, -0.25) is 0 Å². The van der Waals surface area contributed by atoms with Crippen molar-refractivity contribution in [2.24, 2.45) is 0 Å². The van der Waals surface area contributed by atoms with E-state index in [1.807, 2.05) is 0 Å². The van der Waals surface area contributed by atoms with E-state index in [9.17, 15) is 26.3 Å². The van der Waals surface area contributed by atoms with Crippen LogP contribution in [0.4, 0.5) is 26.3 Å². The molecule has 27 heavy (non-hydrogen) atoms. The first-order valence-electron chi connectivity index (χ1n) is 6.48. The highest BCUT2D eigenvalue weighted by Crippen LogP contribution is 2.41. The fourth-order valence-corrected chi connectivity index (χ4v) is 3.88. The van der Waals surface area contributed by atoms with Gasteiger partial charge in [-0.25, -0.2) is 8.42 Å². The van der Waals surface area contributed by atoms with Crippen molar-refractivity contribution in [2.75, 3.05) is 0 Å². The second kappa shape index (κ2) is 8.91. The molecule has 150 valence electrons. The Kier molecular flexibility index (Phi) is 7.88. The molecular weight excluding hydrogens is 465 g/mol. The lowest BCUT2D eigenvalue weighted by Gasteiger charge is -2.11. The van der Waals surface area contributed by atoms with E-state index < -0.39 is 32.0 Å². The molecule has 0 aliphatic rings. The van der Waals surface area contributed by atoms with Crippen LogP contribution in [-0.2, 0) is 21.0 Å². The Morgan fingerprint density at radius 1 is 0.889 bits per heavy atom. The van der Waals surface area contributed by atoms with Gasteiger partial charge in [-0.1, -0.05) is 41.4 Å². The first-order valence-corrected chi connectivity index (χ1v) is 9.87. The number of alkyl halides is 6. The number of halogens is 8. The molecule has 0 saturated carbocycles. The summed E-state index contributed by atoms with van der Waals surface area (Å²) in [5, 5.41) is 0.338. The maximum atomic E-state index is 13.3. The van der Waals surface area contributed by atoms with E-state index in [0.29, 0.717) is 5.02 Å². The van der Waals surface area contributed by atoms with Gasteiger partial charge in [0.25, 0.3) is 0 Å². The second-order valence-corrected chi connectivity index (χ2v) is 8.74. The molecule has 3 nitrogen and oxygen atoms in total. The standard InChI is InChI=1S/C13H8Cl2F3S.CHF3O3S/c14-9-6-7-12(11(15)8-9)19(13(16,17)18)10-4-2-1-3-5-10;2-1(3,4)8(5,6)7/h1-8H;(H,5,6,7)/q+1;/p-1. The molecule has 0 aliphatic carbocycles. The molecule has 0 saturated heterocycles. The van der Waals surface area contributed by atoms with Crippen LogP contribution in [0.5, 0.6) is 0 Å². The molecule has 2 aromatic rings. The van der Waals surface area contributed by atoms with Crippen LogP contribution in [-0.4, -0.2) is 24.0 Å². The average molecular weight is 473 g/mol. The molecule has 0 radical (unpaired) electrons. The molecule has 1 atom stereocenters. The summed E-state index contributed by atoms with van der Waals surface area (Å²) < 4.78 is 98.8. The highest BCUT2D eigenvalue weighted by molar-refractivity contribution is 7.98. The lowest BCUT2D eigenvalue weighted by atomic mass is 10.4. The van der Waals surface area contributed by atoms with Gasteiger partial charge >= 0.3 is 11.0 Å². The predicted molar refractivity (Wildman–Crippen MR) is 88.6 cm³/mol. The average Bonchev–Trinajstić information content (AvgIpc) is 2.48. The van der Waals surface area contributed by atoms with Crippen LogP contribution in [0.15, 0.2) is 58.3 Å². The van der Waals surface area contributed by atoms with Crippen molar-refractivity contribution >= 4 is 44.2 Å². The van der Waals surface area contributed by atoms with Crippen LogP contribution in [0, 0.1) is 0 Å². The third-order valence-electron chi connectivity index (χ3n) is 2.61. The van der Waals surface area contributed by atoms with Crippen molar-refractivity contribution in [3.05, 3.63) is 58.6 Å². The van der Waals surface area contributed by atoms with Gasteiger partial charge in [0, 0.05) is 5.02 Å². The summed E-state index contributed by atoms with van der Waals surface area (Å²) in [5.41, 5.74) is -10.0. The number of benzene rings is 2. The maximum Gasteiger partial charge on any atom is 0.586 e. The van der Waals surface area contributed by atoms with Crippen LogP contribution in [0.25, 0.3) is 0 Å². The number of rotatable bonds is 2. The maximum absolute atomic E-state index is 13.3. The SMILES string of the molecule is FC(F)(F)[S+](c1ccccc1)c1ccc(Cl)cc1Cl.O=S(=O)([O-])C(F)(F)F. The zero-order chi connectivity index (χ0) is 21.0. The highest BCUT2D eigenvalue weighted by Gasteiger charge is 2.55. The van der Waals surface area contributed by atoms with Gasteiger partial charge in [0.15, 0.2) is 30.8 Å². The highest BCUT2D eigenvalue weighted by atomic mass is 35.5. The fraction of sp³-hybridized carbons (Fsp3) is 0.143. The molecule has 0 N–H and O–H groups in total. The summed E-state index contributed by atoms with van der Waals surface area (Å²) in [6.45, 7) is 0. The fourth-order valence-electron chi connectivity index (χ4n) is 1.58. The lowest BCUT2D eigenvalue weighted by molar-refractivity contribution is -0.0518. The first kappa shape index (κ1) is 23.9. The van der Waals surface area contributed by atoms with Crippen molar-refractivity contribution in [1.82, 2.24) is 0 Å². The molecular formula is C14H8Cl2F6O3S2. The minimum atomic E-state index is -6.09. The van der Waals surface area contributed by atoms with E-state index in [0.717, 1.165) is 0 Å². The molecule has 0 aromatic heterocycles. The van der Waals surface area contributed by atoms with E-state index in [4.69, 9.17) is 36.2 Å². The monoisotopic (exact) mass is 472 g/mol. The molecule has 0 bridgehead atoms. The summed E-state index contributed by atoms with van der Waals surface area (Å²) in [4.78, 5) is 0.212. The molecule has 2 rings (SSSR count).